The molecular weight excluding hydrogens is 324 g/mol. The molecule has 6 heteroatoms. The number of carbonyl (C=O) groups excluding carboxylic acids is 1. The predicted molar refractivity (Wildman–Crippen MR) is 90.7 cm³/mol. The Morgan fingerprint density at radius 1 is 1.42 bits per heavy atom. The second-order valence-corrected chi connectivity index (χ2v) is 7.06. The van der Waals surface area contributed by atoms with Crippen LogP contribution in [-0.2, 0) is 31.1 Å². The molecule has 0 spiro atoms. The van der Waals surface area contributed by atoms with Crippen molar-refractivity contribution in [3.8, 4) is 11.3 Å². The summed E-state index contributed by atoms with van der Waals surface area (Å²) in [4.78, 5) is 18.5. The molecule has 3 aromatic heterocycles. The molecular formula is C18H18N2O3S. The smallest absolute Gasteiger partial charge is 0.248 e. The Kier molecular flexibility index (Phi) is 3.76. The van der Waals surface area contributed by atoms with Crippen LogP contribution in [0.5, 0.6) is 0 Å². The molecule has 0 atom stereocenters. The van der Waals surface area contributed by atoms with Crippen molar-refractivity contribution >= 4 is 17.2 Å². The third kappa shape index (κ3) is 2.67. The van der Waals surface area contributed by atoms with Crippen molar-refractivity contribution in [3.63, 3.8) is 0 Å². The quantitative estimate of drug-likeness (QED) is 0.733. The van der Waals surface area contributed by atoms with Crippen molar-refractivity contribution < 1.29 is 13.6 Å². The Morgan fingerprint density at radius 2 is 2.29 bits per heavy atom. The molecule has 0 aliphatic heterocycles. The van der Waals surface area contributed by atoms with Crippen LogP contribution in [0.25, 0.3) is 11.3 Å². The number of carbonyl (C=O) groups is 1. The van der Waals surface area contributed by atoms with E-state index >= 15 is 0 Å². The van der Waals surface area contributed by atoms with E-state index in [9.17, 15) is 4.79 Å². The van der Waals surface area contributed by atoms with E-state index in [-0.39, 0.29) is 5.91 Å². The molecule has 0 saturated carbocycles. The number of nitrogens with zero attached hydrogens (tertiary/aromatic N) is 2. The molecule has 1 aliphatic carbocycles. The number of amides is 1. The summed E-state index contributed by atoms with van der Waals surface area (Å²) < 4.78 is 13.0. The van der Waals surface area contributed by atoms with Gasteiger partial charge in [0.25, 0.3) is 0 Å². The van der Waals surface area contributed by atoms with Crippen LogP contribution in [0.2, 0.25) is 0 Å². The summed E-state index contributed by atoms with van der Waals surface area (Å²) in [6, 6.07) is 5.78. The molecule has 4 rings (SSSR count). The standard InChI is InChI=1S/C18H18N2O3S/c1-11-10-13-14(23-11)6-7-15-17(13)20(2)18(24-15)19-16(21)8-5-12-4-3-9-22-12/h3-4,9-10H,5-8H2,1-2H3. The van der Waals surface area contributed by atoms with Gasteiger partial charge in [0.15, 0.2) is 4.80 Å². The first-order valence-corrected chi connectivity index (χ1v) is 8.82. The summed E-state index contributed by atoms with van der Waals surface area (Å²) in [5.41, 5.74) is 2.27. The van der Waals surface area contributed by atoms with Crippen molar-refractivity contribution in [1.29, 1.82) is 0 Å². The van der Waals surface area contributed by atoms with E-state index in [1.807, 2.05) is 30.7 Å². The minimum Gasteiger partial charge on any atom is -0.469 e. The average molecular weight is 342 g/mol. The Balaban J connectivity index is 1.63. The van der Waals surface area contributed by atoms with Gasteiger partial charge in [-0.1, -0.05) is 0 Å². The molecule has 5 nitrogen and oxygen atoms in total. The highest BCUT2D eigenvalue weighted by molar-refractivity contribution is 7.09. The zero-order valence-corrected chi connectivity index (χ0v) is 14.5. The van der Waals surface area contributed by atoms with E-state index in [2.05, 4.69) is 11.1 Å². The molecule has 0 N–H and O–H groups in total. The van der Waals surface area contributed by atoms with Crippen LogP contribution in [0, 0.1) is 6.92 Å². The average Bonchev–Trinajstić information content (AvgIpc) is 3.25. The van der Waals surface area contributed by atoms with E-state index in [0.717, 1.165) is 46.2 Å². The molecule has 0 unspecified atom stereocenters. The maximum absolute atomic E-state index is 12.2. The minimum atomic E-state index is -0.121. The van der Waals surface area contributed by atoms with Gasteiger partial charge in [0.2, 0.25) is 5.91 Å². The SMILES string of the molecule is Cc1cc2c(o1)CCc1sc(=NC(=O)CCc3ccco3)n(C)c1-2. The summed E-state index contributed by atoms with van der Waals surface area (Å²) in [5.74, 6) is 2.65. The number of hydrogen-bond donors (Lipinski definition) is 0. The molecule has 124 valence electrons. The van der Waals surface area contributed by atoms with Crippen LogP contribution in [0.1, 0.15) is 28.6 Å². The zero-order valence-electron chi connectivity index (χ0n) is 13.7. The molecule has 1 amide bonds. The molecule has 0 fully saturated rings. The van der Waals surface area contributed by atoms with Gasteiger partial charge in [0.05, 0.1) is 12.0 Å². The molecule has 3 heterocycles. The Hall–Kier alpha value is -2.34. The van der Waals surface area contributed by atoms with E-state index < -0.39 is 0 Å². The molecule has 1 aliphatic rings. The number of hydrogen-bond acceptors (Lipinski definition) is 4. The summed E-state index contributed by atoms with van der Waals surface area (Å²) in [7, 11) is 1.96. The van der Waals surface area contributed by atoms with Crippen LogP contribution >= 0.6 is 11.3 Å². The van der Waals surface area contributed by atoms with Gasteiger partial charge in [-0.3, -0.25) is 4.79 Å². The van der Waals surface area contributed by atoms with Gasteiger partial charge >= 0.3 is 0 Å². The first-order valence-electron chi connectivity index (χ1n) is 8.00. The van der Waals surface area contributed by atoms with Crippen LogP contribution in [-0.4, -0.2) is 10.5 Å². The summed E-state index contributed by atoms with van der Waals surface area (Å²) in [6.07, 6.45) is 4.39. The Labute approximate surface area is 143 Å². The Bertz CT molecular complexity index is 957. The fraction of sp³-hybridized carbons (Fsp3) is 0.333. The van der Waals surface area contributed by atoms with Gasteiger partial charge < -0.3 is 13.4 Å². The van der Waals surface area contributed by atoms with Crippen molar-refractivity contribution in [1.82, 2.24) is 4.57 Å². The second-order valence-electron chi connectivity index (χ2n) is 5.99. The van der Waals surface area contributed by atoms with E-state index in [1.165, 1.54) is 4.88 Å². The largest absolute Gasteiger partial charge is 0.469 e. The number of rotatable bonds is 3. The minimum absolute atomic E-state index is 0.121. The van der Waals surface area contributed by atoms with Crippen LogP contribution in [0.3, 0.4) is 0 Å². The van der Waals surface area contributed by atoms with Crippen molar-refractivity contribution in [3.05, 3.63) is 51.4 Å². The van der Waals surface area contributed by atoms with E-state index in [4.69, 9.17) is 8.83 Å². The first kappa shape index (κ1) is 15.2. The number of thiazole rings is 1. The van der Waals surface area contributed by atoms with Gasteiger partial charge in [-0.05, 0) is 31.5 Å². The number of aryl methyl sites for hydroxylation is 4. The lowest BCUT2D eigenvalue weighted by molar-refractivity contribution is -0.118. The van der Waals surface area contributed by atoms with Crippen molar-refractivity contribution in [2.45, 2.75) is 32.6 Å². The number of fused-ring (bicyclic) bond motifs is 3. The lowest BCUT2D eigenvalue weighted by atomic mass is 10.0. The van der Waals surface area contributed by atoms with Gasteiger partial charge in [-0.15, -0.1) is 11.3 Å². The molecule has 0 bridgehead atoms. The lowest BCUT2D eigenvalue weighted by Crippen LogP contribution is -2.15. The van der Waals surface area contributed by atoms with Gasteiger partial charge in [0.1, 0.15) is 17.3 Å². The summed E-state index contributed by atoms with van der Waals surface area (Å²) in [6.45, 7) is 1.97. The number of aromatic nitrogens is 1. The van der Waals surface area contributed by atoms with Gasteiger partial charge in [-0.2, -0.15) is 4.99 Å². The molecule has 24 heavy (non-hydrogen) atoms. The molecule has 0 saturated heterocycles. The normalized spacial score (nSPS) is 13.8. The molecule has 0 radical (unpaired) electrons. The van der Waals surface area contributed by atoms with E-state index in [1.54, 1.807) is 17.6 Å². The van der Waals surface area contributed by atoms with Gasteiger partial charge in [-0.25, -0.2) is 0 Å². The topological polar surface area (TPSA) is 60.6 Å². The van der Waals surface area contributed by atoms with Crippen LogP contribution < -0.4 is 4.80 Å². The molecule has 3 aromatic rings. The Morgan fingerprint density at radius 3 is 3.08 bits per heavy atom. The highest BCUT2D eigenvalue weighted by Crippen LogP contribution is 2.36. The van der Waals surface area contributed by atoms with Crippen LogP contribution in [0.4, 0.5) is 0 Å². The predicted octanol–water partition coefficient (Wildman–Crippen LogP) is 3.41. The maximum Gasteiger partial charge on any atom is 0.248 e. The summed E-state index contributed by atoms with van der Waals surface area (Å²) >= 11 is 1.60. The third-order valence-corrected chi connectivity index (χ3v) is 5.44. The van der Waals surface area contributed by atoms with E-state index in [0.29, 0.717) is 12.8 Å². The maximum atomic E-state index is 12.2. The monoisotopic (exact) mass is 342 g/mol. The first-order chi connectivity index (χ1) is 11.6. The third-order valence-electron chi connectivity index (χ3n) is 4.25. The highest BCUT2D eigenvalue weighted by Gasteiger charge is 2.24. The number of furan rings is 2. The molecule has 0 aromatic carbocycles. The zero-order chi connectivity index (χ0) is 16.7. The van der Waals surface area contributed by atoms with Crippen molar-refractivity contribution in [2.24, 2.45) is 12.0 Å². The van der Waals surface area contributed by atoms with Gasteiger partial charge in [0, 0.05) is 36.8 Å². The highest BCUT2D eigenvalue weighted by atomic mass is 32.1. The lowest BCUT2D eigenvalue weighted by Gasteiger charge is -2.11. The second kappa shape index (κ2) is 5.94. The summed E-state index contributed by atoms with van der Waals surface area (Å²) in [5, 5.41) is 0. The van der Waals surface area contributed by atoms with Crippen molar-refractivity contribution in [2.75, 3.05) is 0 Å². The fourth-order valence-corrected chi connectivity index (χ4v) is 4.27. The van der Waals surface area contributed by atoms with Crippen LogP contribution in [0.15, 0.2) is 38.3 Å². The fourth-order valence-electron chi connectivity index (χ4n) is 3.13.